The van der Waals surface area contributed by atoms with E-state index in [2.05, 4.69) is 22.2 Å². The number of anilines is 1. The molecule has 0 aliphatic heterocycles. The Hall–Kier alpha value is -3.35. The third kappa shape index (κ3) is 4.57. The summed E-state index contributed by atoms with van der Waals surface area (Å²) < 4.78 is 10.4. The lowest BCUT2D eigenvalue weighted by Crippen LogP contribution is -2.24. The molecular formula is C18H19N3O4. The van der Waals surface area contributed by atoms with Crippen LogP contribution < -0.4 is 20.1 Å². The Labute approximate surface area is 145 Å². The zero-order valence-electron chi connectivity index (χ0n) is 14.0. The first-order valence-corrected chi connectivity index (χ1v) is 7.47. The molecule has 0 aliphatic rings. The van der Waals surface area contributed by atoms with Crippen LogP contribution in [0, 0.1) is 0 Å². The number of pyridine rings is 1. The van der Waals surface area contributed by atoms with E-state index in [0.29, 0.717) is 29.3 Å². The highest BCUT2D eigenvalue weighted by Gasteiger charge is 2.13. The number of nitrogens with one attached hydrogen (secondary N) is 2. The van der Waals surface area contributed by atoms with E-state index in [1.165, 1.54) is 32.5 Å². The number of carbonyl (C=O) groups is 2. The molecule has 1 aromatic heterocycles. The van der Waals surface area contributed by atoms with Crippen molar-refractivity contribution in [3.8, 4) is 11.5 Å². The zero-order chi connectivity index (χ0) is 18.2. The standard InChI is InChI=1S/C18H19N3O4/c1-4-8-20-17(22)12-7-9-19-14(10-12)18(23)21-13-5-6-15(24-2)16(11-13)25-3/h4-7,9-11H,1,8H2,2-3H3,(H,20,22)(H,21,23). The molecule has 0 aliphatic carbocycles. The van der Waals surface area contributed by atoms with Crippen LogP contribution in [0.2, 0.25) is 0 Å². The Morgan fingerprint density at radius 2 is 1.88 bits per heavy atom. The van der Waals surface area contributed by atoms with Gasteiger partial charge >= 0.3 is 0 Å². The van der Waals surface area contributed by atoms with Crippen LogP contribution in [-0.2, 0) is 0 Å². The first-order valence-electron chi connectivity index (χ1n) is 7.47. The molecular weight excluding hydrogens is 322 g/mol. The van der Waals surface area contributed by atoms with E-state index in [4.69, 9.17) is 9.47 Å². The first kappa shape index (κ1) is 18.0. The highest BCUT2D eigenvalue weighted by atomic mass is 16.5. The fourth-order valence-corrected chi connectivity index (χ4v) is 2.07. The summed E-state index contributed by atoms with van der Waals surface area (Å²) in [6.07, 6.45) is 2.98. The van der Waals surface area contributed by atoms with E-state index >= 15 is 0 Å². The van der Waals surface area contributed by atoms with Crippen LogP contribution in [-0.4, -0.2) is 37.6 Å². The molecule has 2 amide bonds. The van der Waals surface area contributed by atoms with Crippen LogP contribution >= 0.6 is 0 Å². The number of rotatable bonds is 7. The molecule has 1 aromatic carbocycles. The van der Waals surface area contributed by atoms with Crippen LogP contribution in [0.1, 0.15) is 20.8 Å². The molecule has 0 saturated carbocycles. The van der Waals surface area contributed by atoms with Crippen molar-refractivity contribution in [1.29, 1.82) is 0 Å². The number of carbonyl (C=O) groups excluding carboxylic acids is 2. The zero-order valence-corrected chi connectivity index (χ0v) is 14.0. The van der Waals surface area contributed by atoms with Gasteiger partial charge in [-0.05, 0) is 24.3 Å². The molecule has 2 aromatic rings. The van der Waals surface area contributed by atoms with Crippen LogP contribution in [0.4, 0.5) is 5.69 Å². The number of methoxy groups -OCH3 is 2. The van der Waals surface area contributed by atoms with Gasteiger partial charge in [-0.3, -0.25) is 14.6 Å². The van der Waals surface area contributed by atoms with Crippen LogP contribution in [0.25, 0.3) is 0 Å². The quantitative estimate of drug-likeness (QED) is 0.754. The highest BCUT2D eigenvalue weighted by Crippen LogP contribution is 2.29. The topological polar surface area (TPSA) is 89.6 Å². The average Bonchev–Trinajstić information content (AvgIpc) is 2.65. The van der Waals surface area contributed by atoms with Crippen molar-refractivity contribution in [3.63, 3.8) is 0 Å². The largest absolute Gasteiger partial charge is 0.493 e. The van der Waals surface area contributed by atoms with Gasteiger partial charge in [-0.15, -0.1) is 6.58 Å². The van der Waals surface area contributed by atoms with Gasteiger partial charge in [-0.2, -0.15) is 0 Å². The predicted octanol–water partition coefficient (Wildman–Crippen LogP) is 2.27. The Morgan fingerprint density at radius 1 is 1.12 bits per heavy atom. The molecule has 0 atom stereocenters. The number of amides is 2. The summed E-state index contributed by atoms with van der Waals surface area (Å²) in [5.74, 6) is 0.304. The minimum atomic E-state index is -0.439. The van der Waals surface area contributed by atoms with E-state index in [9.17, 15) is 9.59 Å². The van der Waals surface area contributed by atoms with Crippen molar-refractivity contribution in [2.75, 3.05) is 26.1 Å². The lowest BCUT2D eigenvalue weighted by Gasteiger charge is -2.10. The number of aromatic nitrogens is 1. The van der Waals surface area contributed by atoms with Gasteiger partial charge in [0.15, 0.2) is 11.5 Å². The summed E-state index contributed by atoms with van der Waals surface area (Å²) in [6, 6.07) is 7.96. The van der Waals surface area contributed by atoms with E-state index in [-0.39, 0.29) is 11.6 Å². The van der Waals surface area contributed by atoms with Gasteiger partial charge in [0.25, 0.3) is 11.8 Å². The van der Waals surface area contributed by atoms with Gasteiger partial charge in [0.05, 0.1) is 14.2 Å². The smallest absolute Gasteiger partial charge is 0.274 e. The maximum Gasteiger partial charge on any atom is 0.274 e. The van der Waals surface area contributed by atoms with E-state index < -0.39 is 5.91 Å². The van der Waals surface area contributed by atoms with Gasteiger partial charge in [0, 0.05) is 30.1 Å². The predicted molar refractivity (Wildman–Crippen MR) is 94.3 cm³/mol. The summed E-state index contributed by atoms with van der Waals surface area (Å²) in [6.45, 7) is 3.88. The van der Waals surface area contributed by atoms with Crippen LogP contribution in [0.5, 0.6) is 11.5 Å². The van der Waals surface area contributed by atoms with Gasteiger partial charge in [-0.1, -0.05) is 6.08 Å². The lowest BCUT2D eigenvalue weighted by atomic mass is 10.2. The molecule has 7 heteroatoms. The third-order valence-corrected chi connectivity index (χ3v) is 3.30. The molecule has 7 nitrogen and oxygen atoms in total. The van der Waals surface area contributed by atoms with Gasteiger partial charge < -0.3 is 20.1 Å². The maximum atomic E-state index is 12.4. The lowest BCUT2D eigenvalue weighted by molar-refractivity contribution is 0.0958. The third-order valence-electron chi connectivity index (χ3n) is 3.30. The molecule has 130 valence electrons. The highest BCUT2D eigenvalue weighted by molar-refractivity contribution is 6.04. The summed E-state index contributed by atoms with van der Waals surface area (Å²) in [5.41, 5.74) is 0.987. The summed E-state index contributed by atoms with van der Waals surface area (Å²) in [7, 11) is 3.04. The SMILES string of the molecule is C=CCNC(=O)c1ccnc(C(=O)Nc2ccc(OC)c(OC)c2)c1. The number of hydrogen-bond donors (Lipinski definition) is 2. The first-order chi connectivity index (χ1) is 12.1. The number of ether oxygens (including phenoxy) is 2. The molecule has 0 saturated heterocycles. The van der Waals surface area contributed by atoms with Crippen LogP contribution in [0.3, 0.4) is 0 Å². The Bertz CT molecular complexity index is 790. The van der Waals surface area contributed by atoms with E-state index in [1.54, 1.807) is 24.3 Å². The number of hydrogen-bond acceptors (Lipinski definition) is 5. The second kappa shape index (κ2) is 8.49. The molecule has 0 unspecified atom stereocenters. The van der Waals surface area contributed by atoms with E-state index in [1.807, 2.05) is 0 Å². The molecule has 0 spiro atoms. The molecule has 0 radical (unpaired) electrons. The Balaban J connectivity index is 2.15. The molecule has 2 N–H and O–H groups in total. The monoisotopic (exact) mass is 341 g/mol. The summed E-state index contributed by atoms with van der Waals surface area (Å²) >= 11 is 0. The van der Waals surface area contributed by atoms with Crippen molar-refractivity contribution in [2.45, 2.75) is 0 Å². The van der Waals surface area contributed by atoms with Crippen molar-refractivity contribution in [2.24, 2.45) is 0 Å². The number of benzene rings is 1. The van der Waals surface area contributed by atoms with E-state index in [0.717, 1.165) is 0 Å². The minimum absolute atomic E-state index is 0.126. The molecule has 1 heterocycles. The summed E-state index contributed by atoms with van der Waals surface area (Å²) in [5, 5.41) is 5.35. The van der Waals surface area contributed by atoms with Crippen LogP contribution in [0.15, 0.2) is 49.2 Å². The molecule has 0 fully saturated rings. The Kier molecular flexibility index (Phi) is 6.11. The fourth-order valence-electron chi connectivity index (χ4n) is 2.07. The maximum absolute atomic E-state index is 12.4. The fraction of sp³-hybridized carbons (Fsp3) is 0.167. The number of nitrogens with zero attached hydrogens (tertiary/aromatic N) is 1. The normalized spacial score (nSPS) is 9.84. The van der Waals surface area contributed by atoms with Crippen molar-refractivity contribution in [3.05, 3.63) is 60.4 Å². The Morgan fingerprint density at radius 3 is 2.56 bits per heavy atom. The molecule has 2 rings (SSSR count). The second-order valence-electron chi connectivity index (χ2n) is 4.95. The van der Waals surface area contributed by atoms with Gasteiger partial charge in [0.1, 0.15) is 5.69 Å². The summed E-state index contributed by atoms with van der Waals surface area (Å²) in [4.78, 5) is 28.3. The second-order valence-corrected chi connectivity index (χ2v) is 4.95. The van der Waals surface area contributed by atoms with Gasteiger partial charge in [0.2, 0.25) is 0 Å². The van der Waals surface area contributed by atoms with Crippen molar-refractivity contribution >= 4 is 17.5 Å². The van der Waals surface area contributed by atoms with Crippen molar-refractivity contribution in [1.82, 2.24) is 10.3 Å². The minimum Gasteiger partial charge on any atom is -0.493 e. The molecule has 0 bridgehead atoms. The molecule has 25 heavy (non-hydrogen) atoms. The average molecular weight is 341 g/mol. The van der Waals surface area contributed by atoms with Crippen molar-refractivity contribution < 1.29 is 19.1 Å². The van der Waals surface area contributed by atoms with Gasteiger partial charge in [-0.25, -0.2) is 0 Å².